The largest absolute Gasteiger partial charge is 0.484 e. The molecular weight excluding hydrogens is 356 g/mol. The predicted molar refractivity (Wildman–Crippen MR) is 103 cm³/mol. The molecule has 0 fully saturated rings. The number of carbonyl (C=O) groups excluding carboxylic acids is 2. The molecule has 0 bridgehead atoms. The number of carbonyl (C=O) groups is 2. The highest BCUT2D eigenvalue weighted by Gasteiger charge is 2.25. The van der Waals surface area contributed by atoms with Crippen LogP contribution in [-0.2, 0) is 6.42 Å². The number of nitrogens with zero attached hydrogens (tertiary/aromatic N) is 2. The number of rotatable bonds is 5. The van der Waals surface area contributed by atoms with E-state index in [2.05, 4.69) is 15.3 Å². The van der Waals surface area contributed by atoms with Gasteiger partial charge >= 0.3 is 0 Å². The van der Waals surface area contributed by atoms with Crippen molar-refractivity contribution in [3.63, 3.8) is 0 Å². The van der Waals surface area contributed by atoms with Gasteiger partial charge in [0.2, 0.25) is 5.91 Å². The SMILES string of the molecule is NC(=O)c1cncc(O[C@H]2CCc3ccc(NC(=O)c4ccncc4)cc32)c1. The Labute approximate surface area is 161 Å². The lowest BCUT2D eigenvalue weighted by Crippen LogP contribution is -2.13. The van der Waals surface area contributed by atoms with Gasteiger partial charge in [0.05, 0.1) is 11.8 Å². The lowest BCUT2D eigenvalue weighted by Gasteiger charge is -2.16. The molecule has 0 spiro atoms. The number of hydrogen-bond donors (Lipinski definition) is 2. The minimum Gasteiger partial charge on any atom is -0.484 e. The molecule has 0 saturated carbocycles. The van der Waals surface area contributed by atoms with Crippen LogP contribution in [0.3, 0.4) is 0 Å². The van der Waals surface area contributed by atoms with Crippen LogP contribution in [0.2, 0.25) is 0 Å². The first-order valence-electron chi connectivity index (χ1n) is 8.86. The van der Waals surface area contributed by atoms with Gasteiger partial charge in [0, 0.05) is 29.8 Å². The highest BCUT2D eigenvalue weighted by atomic mass is 16.5. The van der Waals surface area contributed by atoms with E-state index >= 15 is 0 Å². The van der Waals surface area contributed by atoms with Crippen molar-refractivity contribution in [2.75, 3.05) is 5.32 Å². The van der Waals surface area contributed by atoms with Crippen LogP contribution in [0.4, 0.5) is 5.69 Å². The lowest BCUT2D eigenvalue weighted by atomic mass is 10.1. The standard InChI is InChI=1S/C21H18N4O3/c22-20(26)15-9-17(12-24-11-15)28-19-4-2-13-1-3-16(10-18(13)19)25-21(27)14-5-7-23-8-6-14/h1,3,5-12,19H,2,4H2,(H2,22,26)(H,25,27)/t19-/m0/s1. The third-order valence-corrected chi connectivity index (χ3v) is 4.65. The number of hydrogen-bond acceptors (Lipinski definition) is 5. The van der Waals surface area contributed by atoms with Gasteiger partial charge in [0.25, 0.3) is 5.91 Å². The van der Waals surface area contributed by atoms with Gasteiger partial charge in [0.15, 0.2) is 0 Å². The van der Waals surface area contributed by atoms with Crippen molar-refractivity contribution >= 4 is 17.5 Å². The summed E-state index contributed by atoms with van der Waals surface area (Å²) in [5.41, 5.74) is 9.02. The van der Waals surface area contributed by atoms with Crippen LogP contribution in [-0.4, -0.2) is 21.8 Å². The van der Waals surface area contributed by atoms with Crippen LogP contribution in [0, 0.1) is 0 Å². The minimum atomic E-state index is -0.550. The van der Waals surface area contributed by atoms with Crippen LogP contribution in [0.1, 0.15) is 44.4 Å². The molecule has 0 radical (unpaired) electrons. The van der Waals surface area contributed by atoms with E-state index in [0.717, 1.165) is 18.4 Å². The van der Waals surface area contributed by atoms with Crippen molar-refractivity contribution in [2.24, 2.45) is 5.73 Å². The Balaban J connectivity index is 1.53. The van der Waals surface area contributed by atoms with Crippen molar-refractivity contribution in [3.05, 3.63) is 83.4 Å². The number of aromatic nitrogens is 2. The number of amides is 2. The molecule has 0 unspecified atom stereocenters. The second-order valence-corrected chi connectivity index (χ2v) is 6.52. The molecule has 0 aliphatic heterocycles. The smallest absolute Gasteiger partial charge is 0.255 e. The van der Waals surface area contributed by atoms with Crippen molar-refractivity contribution in [3.8, 4) is 5.75 Å². The van der Waals surface area contributed by atoms with E-state index in [1.54, 1.807) is 36.8 Å². The molecule has 2 heterocycles. The third-order valence-electron chi connectivity index (χ3n) is 4.65. The number of benzene rings is 1. The highest BCUT2D eigenvalue weighted by molar-refractivity contribution is 6.04. The number of ether oxygens (including phenoxy) is 1. The van der Waals surface area contributed by atoms with Gasteiger partial charge in [-0.1, -0.05) is 6.07 Å². The predicted octanol–water partition coefficient (Wildman–Crippen LogP) is 2.89. The maximum absolute atomic E-state index is 12.4. The average Bonchev–Trinajstić information content (AvgIpc) is 3.11. The second-order valence-electron chi connectivity index (χ2n) is 6.52. The number of pyridine rings is 2. The third kappa shape index (κ3) is 3.68. The molecule has 7 heteroatoms. The molecule has 7 nitrogen and oxygen atoms in total. The van der Waals surface area contributed by atoms with E-state index in [4.69, 9.17) is 10.5 Å². The molecule has 28 heavy (non-hydrogen) atoms. The fourth-order valence-electron chi connectivity index (χ4n) is 3.25. The fraction of sp³-hybridized carbons (Fsp3) is 0.143. The topological polar surface area (TPSA) is 107 Å². The molecule has 140 valence electrons. The maximum atomic E-state index is 12.4. The van der Waals surface area contributed by atoms with Crippen LogP contribution in [0.5, 0.6) is 5.75 Å². The molecule has 1 aromatic carbocycles. The number of nitrogens with two attached hydrogens (primary N) is 1. The lowest BCUT2D eigenvalue weighted by molar-refractivity contribution is 0.0996. The maximum Gasteiger partial charge on any atom is 0.255 e. The van der Waals surface area contributed by atoms with Gasteiger partial charge in [0.1, 0.15) is 11.9 Å². The van der Waals surface area contributed by atoms with E-state index in [1.807, 2.05) is 18.2 Å². The van der Waals surface area contributed by atoms with Gasteiger partial charge in [-0.2, -0.15) is 0 Å². The van der Waals surface area contributed by atoms with Crippen molar-refractivity contribution < 1.29 is 14.3 Å². The molecular formula is C21H18N4O3. The van der Waals surface area contributed by atoms with Gasteiger partial charge in [-0.25, -0.2) is 0 Å². The zero-order chi connectivity index (χ0) is 19.5. The summed E-state index contributed by atoms with van der Waals surface area (Å²) in [6.45, 7) is 0. The summed E-state index contributed by atoms with van der Waals surface area (Å²) < 4.78 is 6.05. The van der Waals surface area contributed by atoms with Crippen molar-refractivity contribution in [2.45, 2.75) is 18.9 Å². The van der Waals surface area contributed by atoms with E-state index in [-0.39, 0.29) is 12.0 Å². The summed E-state index contributed by atoms with van der Waals surface area (Å²) in [5.74, 6) is -0.262. The van der Waals surface area contributed by atoms with E-state index < -0.39 is 5.91 Å². The average molecular weight is 374 g/mol. The molecule has 2 aromatic heterocycles. The first kappa shape index (κ1) is 17.7. The van der Waals surface area contributed by atoms with Crippen LogP contribution in [0.25, 0.3) is 0 Å². The summed E-state index contributed by atoms with van der Waals surface area (Å²) in [6.07, 6.45) is 7.62. The number of nitrogens with one attached hydrogen (secondary N) is 1. The second kappa shape index (κ2) is 7.48. The van der Waals surface area contributed by atoms with E-state index in [9.17, 15) is 9.59 Å². The van der Waals surface area contributed by atoms with Crippen molar-refractivity contribution in [1.29, 1.82) is 0 Å². The Kier molecular flexibility index (Phi) is 4.72. The number of anilines is 1. The molecule has 3 N–H and O–H groups in total. The Morgan fingerprint density at radius 3 is 2.64 bits per heavy atom. The fourth-order valence-corrected chi connectivity index (χ4v) is 3.25. The molecule has 3 aromatic rings. The minimum absolute atomic E-state index is 0.183. The van der Waals surface area contributed by atoms with Crippen LogP contribution in [0.15, 0.2) is 61.2 Å². The Hall–Kier alpha value is -3.74. The molecule has 1 aliphatic carbocycles. The summed E-state index contributed by atoms with van der Waals surface area (Å²) in [7, 11) is 0. The summed E-state index contributed by atoms with van der Waals surface area (Å²) in [5, 5.41) is 2.90. The van der Waals surface area contributed by atoms with Crippen molar-refractivity contribution in [1.82, 2.24) is 9.97 Å². The van der Waals surface area contributed by atoms with E-state index in [0.29, 0.717) is 22.6 Å². The highest BCUT2D eigenvalue weighted by Crippen LogP contribution is 2.36. The van der Waals surface area contributed by atoms with Gasteiger partial charge < -0.3 is 15.8 Å². The van der Waals surface area contributed by atoms with Gasteiger partial charge in [-0.05, 0) is 54.3 Å². The molecule has 1 aliphatic rings. The molecule has 4 rings (SSSR count). The quantitative estimate of drug-likeness (QED) is 0.714. The summed E-state index contributed by atoms with van der Waals surface area (Å²) in [6, 6.07) is 10.7. The first-order valence-corrected chi connectivity index (χ1v) is 8.86. The van der Waals surface area contributed by atoms with Crippen LogP contribution >= 0.6 is 0 Å². The van der Waals surface area contributed by atoms with Gasteiger partial charge in [-0.3, -0.25) is 19.6 Å². The number of fused-ring (bicyclic) bond motifs is 1. The van der Waals surface area contributed by atoms with Crippen LogP contribution < -0.4 is 15.8 Å². The number of primary amides is 1. The van der Waals surface area contributed by atoms with Gasteiger partial charge in [-0.15, -0.1) is 0 Å². The normalized spacial score (nSPS) is 14.9. The summed E-state index contributed by atoms with van der Waals surface area (Å²) >= 11 is 0. The summed E-state index contributed by atoms with van der Waals surface area (Å²) in [4.78, 5) is 31.6. The molecule has 1 atom stereocenters. The monoisotopic (exact) mass is 374 g/mol. The van der Waals surface area contributed by atoms with E-state index in [1.165, 1.54) is 11.8 Å². The zero-order valence-electron chi connectivity index (χ0n) is 15.0. The Morgan fingerprint density at radius 2 is 1.86 bits per heavy atom. The zero-order valence-corrected chi connectivity index (χ0v) is 15.0. The first-order chi connectivity index (χ1) is 13.6. The molecule has 0 saturated heterocycles. The molecule has 2 amide bonds. The Morgan fingerprint density at radius 1 is 1.04 bits per heavy atom. The number of aryl methyl sites for hydroxylation is 1. The Bertz CT molecular complexity index is 1040.